The van der Waals surface area contributed by atoms with Crippen molar-refractivity contribution in [1.82, 2.24) is 4.90 Å². The Kier molecular flexibility index (Phi) is 4.55. The van der Waals surface area contributed by atoms with Crippen molar-refractivity contribution in [3.63, 3.8) is 0 Å². The van der Waals surface area contributed by atoms with Gasteiger partial charge in [0.1, 0.15) is 5.82 Å². The molecule has 20 heavy (non-hydrogen) atoms. The maximum absolute atomic E-state index is 13.0. The van der Waals surface area contributed by atoms with E-state index < -0.39 is 5.60 Å². The van der Waals surface area contributed by atoms with Crippen LogP contribution in [-0.2, 0) is 4.79 Å². The monoisotopic (exact) mass is 277 g/mol. The summed E-state index contributed by atoms with van der Waals surface area (Å²) in [5.41, 5.74) is -0.0124. The van der Waals surface area contributed by atoms with Crippen LogP contribution < -0.4 is 0 Å². The summed E-state index contributed by atoms with van der Waals surface area (Å²) in [5.74, 6) is -0.405. The normalized spacial score (nSPS) is 23.9. The fourth-order valence-corrected chi connectivity index (χ4v) is 2.37. The molecule has 0 bridgehead atoms. The molecule has 1 saturated heterocycles. The molecule has 4 heteroatoms. The zero-order chi connectivity index (χ0) is 14.6. The molecule has 1 aliphatic rings. The van der Waals surface area contributed by atoms with Crippen LogP contribution in [0.25, 0.3) is 6.08 Å². The maximum Gasteiger partial charge on any atom is 0.246 e. The molecule has 1 amide bonds. The Morgan fingerprint density at radius 1 is 1.40 bits per heavy atom. The lowest BCUT2D eigenvalue weighted by Gasteiger charge is -2.21. The first-order chi connectivity index (χ1) is 9.46. The van der Waals surface area contributed by atoms with Crippen molar-refractivity contribution in [3.8, 4) is 0 Å². The lowest BCUT2D eigenvalue weighted by atomic mass is 9.98. The summed E-state index contributed by atoms with van der Waals surface area (Å²) in [4.78, 5) is 13.8. The number of rotatable bonds is 2. The van der Waals surface area contributed by atoms with Crippen LogP contribution in [0.3, 0.4) is 0 Å². The van der Waals surface area contributed by atoms with Crippen LogP contribution in [0.15, 0.2) is 30.3 Å². The quantitative estimate of drug-likeness (QED) is 0.844. The van der Waals surface area contributed by atoms with E-state index in [9.17, 15) is 14.3 Å². The molecule has 0 aliphatic carbocycles. The van der Waals surface area contributed by atoms with Gasteiger partial charge in [-0.1, -0.05) is 12.1 Å². The zero-order valence-electron chi connectivity index (χ0n) is 11.7. The molecule has 1 aromatic carbocycles. The van der Waals surface area contributed by atoms with Gasteiger partial charge in [-0.15, -0.1) is 0 Å². The number of hydrogen-bond donors (Lipinski definition) is 1. The van der Waals surface area contributed by atoms with E-state index in [-0.39, 0.29) is 11.7 Å². The molecule has 1 atom stereocenters. The highest BCUT2D eigenvalue weighted by Gasteiger charge is 2.26. The van der Waals surface area contributed by atoms with Gasteiger partial charge in [0.2, 0.25) is 5.91 Å². The number of halogens is 1. The Hall–Kier alpha value is -1.68. The molecule has 1 N–H and O–H groups in total. The van der Waals surface area contributed by atoms with Crippen LogP contribution in [-0.4, -0.2) is 34.6 Å². The Morgan fingerprint density at radius 2 is 2.20 bits per heavy atom. The smallest absolute Gasteiger partial charge is 0.246 e. The van der Waals surface area contributed by atoms with Gasteiger partial charge in [0, 0.05) is 19.2 Å². The van der Waals surface area contributed by atoms with Gasteiger partial charge in [0.25, 0.3) is 0 Å². The van der Waals surface area contributed by atoms with E-state index in [0.29, 0.717) is 31.5 Å². The van der Waals surface area contributed by atoms with Gasteiger partial charge in [-0.25, -0.2) is 4.39 Å². The minimum Gasteiger partial charge on any atom is -0.390 e. The average molecular weight is 277 g/mol. The van der Waals surface area contributed by atoms with E-state index >= 15 is 0 Å². The van der Waals surface area contributed by atoms with E-state index in [1.165, 1.54) is 18.2 Å². The van der Waals surface area contributed by atoms with Crippen LogP contribution in [0.5, 0.6) is 0 Å². The first-order valence-electron chi connectivity index (χ1n) is 6.91. The van der Waals surface area contributed by atoms with Gasteiger partial charge in [-0.2, -0.15) is 0 Å². The molecule has 0 saturated carbocycles. The standard InChI is InChI=1S/C16H20FNO2/c1-16(20)8-3-10-18(11-9-16)15(19)7-6-13-4-2-5-14(17)12-13/h2,4-7,12,20H,3,8-11H2,1H3/b7-6+. The molecule has 3 nitrogen and oxygen atoms in total. The predicted molar refractivity (Wildman–Crippen MR) is 76.5 cm³/mol. The first kappa shape index (κ1) is 14.7. The van der Waals surface area contributed by atoms with E-state index in [0.717, 1.165) is 6.42 Å². The third-order valence-corrected chi connectivity index (χ3v) is 3.64. The minimum atomic E-state index is -0.679. The molecule has 0 spiro atoms. The summed E-state index contributed by atoms with van der Waals surface area (Å²) in [5, 5.41) is 9.99. The van der Waals surface area contributed by atoms with Crippen molar-refractivity contribution >= 4 is 12.0 Å². The summed E-state index contributed by atoms with van der Waals surface area (Å²) < 4.78 is 13.0. The van der Waals surface area contributed by atoms with E-state index in [2.05, 4.69) is 0 Å². The summed E-state index contributed by atoms with van der Waals surface area (Å²) in [6.07, 6.45) is 5.19. The number of carbonyl (C=O) groups excluding carboxylic acids is 1. The molecule has 1 heterocycles. The number of carbonyl (C=O) groups is 1. The topological polar surface area (TPSA) is 40.5 Å². The number of aliphatic hydroxyl groups is 1. The Balaban J connectivity index is 1.98. The van der Waals surface area contributed by atoms with Crippen LogP contribution in [0, 0.1) is 5.82 Å². The van der Waals surface area contributed by atoms with Crippen LogP contribution in [0.2, 0.25) is 0 Å². The van der Waals surface area contributed by atoms with Crippen LogP contribution in [0.4, 0.5) is 4.39 Å². The predicted octanol–water partition coefficient (Wildman–Crippen LogP) is 2.60. The third kappa shape index (κ3) is 4.17. The van der Waals surface area contributed by atoms with E-state index in [1.807, 2.05) is 6.92 Å². The Morgan fingerprint density at radius 3 is 2.95 bits per heavy atom. The van der Waals surface area contributed by atoms with E-state index in [1.54, 1.807) is 23.1 Å². The zero-order valence-corrected chi connectivity index (χ0v) is 11.7. The number of benzene rings is 1. The van der Waals surface area contributed by atoms with Crippen molar-refractivity contribution in [3.05, 3.63) is 41.7 Å². The van der Waals surface area contributed by atoms with Gasteiger partial charge >= 0.3 is 0 Å². The summed E-state index contributed by atoms with van der Waals surface area (Å²) in [6, 6.07) is 6.12. The lowest BCUT2D eigenvalue weighted by molar-refractivity contribution is -0.126. The molecular formula is C16H20FNO2. The molecule has 1 unspecified atom stereocenters. The number of likely N-dealkylation sites (tertiary alicyclic amines) is 1. The number of nitrogens with zero attached hydrogens (tertiary/aromatic N) is 1. The summed E-state index contributed by atoms with van der Waals surface area (Å²) in [7, 11) is 0. The van der Waals surface area contributed by atoms with Crippen LogP contribution in [0.1, 0.15) is 31.7 Å². The van der Waals surface area contributed by atoms with Crippen molar-refractivity contribution in [2.75, 3.05) is 13.1 Å². The fraction of sp³-hybridized carbons (Fsp3) is 0.438. The second-order valence-electron chi connectivity index (χ2n) is 5.56. The summed E-state index contributed by atoms with van der Waals surface area (Å²) >= 11 is 0. The Labute approximate surface area is 118 Å². The fourth-order valence-electron chi connectivity index (χ4n) is 2.37. The molecule has 0 radical (unpaired) electrons. The highest BCUT2D eigenvalue weighted by molar-refractivity contribution is 5.91. The largest absolute Gasteiger partial charge is 0.390 e. The number of hydrogen-bond acceptors (Lipinski definition) is 2. The SMILES string of the molecule is CC1(O)CCCN(C(=O)/C=C/c2cccc(F)c2)CC1. The lowest BCUT2D eigenvalue weighted by Crippen LogP contribution is -2.32. The molecule has 1 fully saturated rings. The highest BCUT2D eigenvalue weighted by atomic mass is 19.1. The van der Waals surface area contributed by atoms with Gasteiger partial charge < -0.3 is 10.0 Å². The third-order valence-electron chi connectivity index (χ3n) is 3.64. The Bertz CT molecular complexity index is 511. The maximum atomic E-state index is 13.0. The molecule has 2 rings (SSSR count). The van der Waals surface area contributed by atoms with Gasteiger partial charge in [0.15, 0.2) is 0 Å². The van der Waals surface area contributed by atoms with Gasteiger partial charge in [0.05, 0.1) is 5.60 Å². The molecule has 1 aromatic rings. The van der Waals surface area contributed by atoms with Crippen molar-refractivity contribution in [1.29, 1.82) is 0 Å². The van der Waals surface area contributed by atoms with Crippen LogP contribution >= 0.6 is 0 Å². The molecule has 0 aromatic heterocycles. The summed E-state index contributed by atoms with van der Waals surface area (Å²) in [6.45, 7) is 3.02. The number of amides is 1. The van der Waals surface area contributed by atoms with Crippen molar-refractivity contribution < 1.29 is 14.3 Å². The van der Waals surface area contributed by atoms with Gasteiger partial charge in [-0.05, 0) is 50.0 Å². The van der Waals surface area contributed by atoms with E-state index in [4.69, 9.17) is 0 Å². The highest BCUT2D eigenvalue weighted by Crippen LogP contribution is 2.21. The molecule has 1 aliphatic heterocycles. The van der Waals surface area contributed by atoms with Gasteiger partial charge in [-0.3, -0.25) is 4.79 Å². The average Bonchev–Trinajstić information content (AvgIpc) is 2.57. The minimum absolute atomic E-state index is 0.0908. The second-order valence-corrected chi connectivity index (χ2v) is 5.56. The second kappa shape index (κ2) is 6.18. The molecular weight excluding hydrogens is 257 g/mol. The molecule has 108 valence electrons. The van der Waals surface area contributed by atoms with Crippen molar-refractivity contribution in [2.24, 2.45) is 0 Å². The first-order valence-corrected chi connectivity index (χ1v) is 6.91. The van der Waals surface area contributed by atoms with Crippen molar-refractivity contribution in [2.45, 2.75) is 31.8 Å².